The number of hydrogen-bond donors (Lipinski definition) is 1. The van der Waals surface area contributed by atoms with Gasteiger partial charge in [0.2, 0.25) is 5.95 Å². The first-order chi connectivity index (χ1) is 5.69. The lowest BCUT2D eigenvalue weighted by molar-refractivity contribution is 1.05. The summed E-state index contributed by atoms with van der Waals surface area (Å²) in [4.78, 5) is 24.4. The Kier molecular flexibility index (Phi) is 2.14. The normalized spacial score (nSPS) is 9.42. The van der Waals surface area contributed by atoms with E-state index in [1.54, 1.807) is 6.92 Å². The lowest BCUT2D eigenvalue weighted by Gasteiger charge is -1.97. The molecule has 0 aliphatic carbocycles. The molecule has 0 atom stereocenters. The molecule has 12 heavy (non-hydrogen) atoms. The van der Waals surface area contributed by atoms with Gasteiger partial charge in [-0.2, -0.15) is 0 Å². The lowest BCUT2D eigenvalue weighted by atomic mass is 10.4. The Bertz CT molecular complexity index is 379. The van der Waals surface area contributed by atoms with E-state index in [2.05, 4.69) is 33.4 Å². The largest absolute Gasteiger partial charge is 0.289 e. The standard InChI is InChI=1S/C7H8N4O/c1-4-5(8-2)6(12)11-7(9-3)10-4/h2-3H2,1H3,(H,10,11,12). The highest BCUT2D eigenvalue weighted by molar-refractivity contribution is 5.48. The molecule has 0 saturated carbocycles. The number of rotatable bonds is 2. The van der Waals surface area contributed by atoms with Gasteiger partial charge in [0.25, 0.3) is 5.56 Å². The molecular weight excluding hydrogens is 156 g/mol. The molecule has 0 saturated heterocycles. The van der Waals surface area contributed by atoms with Gasteiger partial charge >= 0.3 is 0 Å². The van der Waals surface area contributed by atoms with Crippen LogP contribution in [0.3, 0.4) is 0 Å². The molecule has 5 heteroatoms. The van der Waals surface area contributed by atoms with Crippen molar-refractivity contribution in [3.8, 4) is 0 Å². The van der Waals surface area contributed by atoms with E-state index in [0.717, 1.165) is 0 Å². The zero-order valence-corrected chi connectivity index (χ0v) is 6.66. The molecule has 0 aliphatic rings. The highest BCUT2D eigenvalue weighted by atomic mass is 16.1. The molecule has 0 spiro atoms. The quantitative estimate of drug-likeness (QED) is 0.655. The lowest BCUT2D eigenvalue weighted by Crippen LogP contribution is -2.07. The Morgan fingerprint density at radius 3 is 2.50 bits per heavy atom. The number of aliphatic imine (C=N–C) groups is 2. The van der Waals surface area contributed by atoms with Crippen LogP contribution in [-0.2, 0) is 0 Å². The number of aromatic amines is 1. The molecule has 0 amide bonds. The van der Waals surface area contributed by atoms with Crippen molar-refractivity contribution in [2.75, 3.05) is 0 Å². The van der Waals surface area contributed by atoms with Crippen molar-refractivity contribution < 1.29 is 0 Å². The maximum absolute atomic E-state index is 11.1. The Hall–Kier alpha value is -1.78. The van der Waals surface area contributed by atoms with Gasteiger partial charge in [-0.1, -0.05) is 0 Å². The van der Waals surface area contributed by atoms with E-state index < -0.39 is 0 Å². The van der Waals surface area contributed by atoms with Crippen molar-refractivity contribution in [1.82, 2.24) is 9.97 Å². The van der Waals surface area contributed by atoms with Crippen molar-refractivity contribution in [2.45, 2.75) is 6.92 Å². The van der Waals surface area contributed by atoms with Crippen LogP contribution < -0.4 is 5.56 Å². The second kappa shape index (κ2) is 3.08. The van der Waals surface area contributed by atoms with E-state index in [4.69, 9.17) is 0 Å². The summed E-state index contributed by atoms with van der Waals surface area (Å²) in [5.74, 6) is 0.199. The first-order valence-corrected chi connectivity index (χ1v) is 3.23. The minimum absolute atomic E-state index is 0.199. The highest BCUT2D eigenvalue weighted by Gasteiger charge is 2.03. The van der Waals surface area contributed by atoms with Crippen LogP contribution in [-0.4, -0.2) is 23.4 Å². The van der Waals surface area contributed by atoms with Crippen molar-refractivity contribution in [1.29, 1.82) is 0 Å². The van der Waals surface area contributed by atoms with Crippen LogP contribution in [0.4, 0.5) is 11.6 Å². The summed E-state index contributed by atoms with van der Waals surface area (Å²) >= 11 is 0. The summed E-state index contributed by atoms with van der Waals surface area (Å²) in [5, 5.41) is 0. The first-order valence-electron chi connectivity index (χ1n) is 3.23. The number of nitrogens with zero attached hydrogens (tertiary/aromatic N) is 3. The average molecular weight is 164 g/mol. The van der Waals surface area contributed by atoms with E-state index in [1.807, 2.05) is 0 Å². The average Bonchev–Trinajstić information content (AvgIpc) is 2.03. The zero-order chi connectivity index (χ0) is 9.14. The maximum atomic E-state index is 11.1. The van der Waals surface area contributed by atoms with Crippen LogP contribution >= 0.6 is 0 Å². The SMILES string of the molecule is C=Nc1nc(C)c(N=C)c(=O)[nH]1. The monoisotopic (exact) mass is 164 g/mol. The predicted octanol–water partition coefficient (Wildman–Crippen LogP) is 0.743. The molecule has 1 heterocycles. The Labute approximate surface area is 68.9 Å². The number of H-pyrrole nitrogens is 1. The van der Waals surface area contributed by atoms with Gasteiger partial charge in [0.05, 0.1) is 5.69 Å². The molecule has 0 unspecified atom stereocenters. The summed E-state index contributed by atoms with van der Waals surface area (Å²) in [6.07, 6.45) is 0. The van der Waals surface area contributed by atoms with Crippen LogP contribution in [0.25, 0.3) is 0 Å². The number of nitrogens with one attached hydrogen (secondary N) is 1. The van der Waals surface area contributed by atoms with E-state index in [-0.39, 0.29) is 17.2 Å². The van der Waals surface area contributed by atoms with Crippen molar-refractivity contribution in [3.05, 3.63) is 16.0 Å². The van der Waals surface area contributed by atoms with E-state index >= 15 is 0 Å². The molecule has 1 aromatic heterocycles. The van der Waals surface area contributed by atoms with Crippen LogP contribution in [0.1, 0.15) is 5.69 Å². The molecule has 0 fully saturated rings. The van der Waals surface area contributed by atoms with Gasteiger partial charge in [-0.15, -0.1) is 0 Å². The smallest absolute Gasteiger partial charge is 0.278 e. The van der Waals surface area contributed by atoms with E-state index in [1.165, 1.54) is 0 Å². The molecule has 0 aromatic carbocycles. The Balaban J connectivity index is 3.47. The van der Waals surface area contributed by atoms with Crippen LogP contribution in [0.2, 0.25) is 0 Å². The van der Waals surface area contributed by atoms with Crippen molar-refractivity contribution in [3.63, 3.8) is 0 Å². The topological polar surface area (TPSA) is 70.5 Å². The van der Waals surface area contributed by atoms with Crippen molar-refractivity contribution in [2.24, 2.45) is 9.98 Å². The van der Waals surface area contributed by atoms with Gasteiger partial charge in [0.1, 0.15) is 5.69 Å². The van der Waals surface area contributed by atoms with Crippen LogP contribution in [0.5, 0.6) is 0 Å². The molecule has 0 radical (unpaired) electrons. The Morgan fingerprint density at radius 1 is 1.42 bits per heavy atom. The summed E-state index contributed by atoms with van der Waals surface area (Å²) < 4.78 is 0. The number of aryl methyl sites for hydroxylation is 1. The zero-order valence-electron chi connectivity index (χ0n) is 6.66. The minimum atomic E-state index is -0.347. The van der Waals surface area contributed by atoms with Gasteiger partial charge in [0, 0.05) is 0 Å². The second-order valence-corrected chi connectivity index (χ2v) is 2.14. The number of aromatic nitrogens is 2. The molecule has 1 aromatic rings. The molecular formula is C7H8N4O. The second-order valence-electron chi connectivity index (χ2n) is 2.14. The van der Waals surface area contributed by atoms with Crippen molar-refractivity contribution >= 4 is 25.1 Å². The summed E-state index contributed by atoms with van der Waals surface area (Å²) in [7, 11) is 0. The third kappa shape index (κ3) is 1.29. The van der Waals surface area contributed by atoms with Crippen LogP contribution in [0, 0.1) is 6.92 Å². The molecule has 1 N–H and O–H groups in total. The highest BCUT2D eigenvalue weighted by Crippen LogP contribution is 2.10. The fourth-order valence-electron chi connectivity index (χ4n) is 0.826. The summed E-state index contributed by atoms with van der Waals surface area (Å²) in [6.45, 7) is 8.15. The molecule has 1 rings (SSSR count). The van der Waals surface area contributed by atoms with Crippen LogP contribution in [0.15, 0.2) is 14.8 Å². The predicted molar refractivity (Wildman–Crippen MR) is 48.0 cm³/mol. The molecule has 0 bridgehead atoms. The third-order valence-corrected chi connectivity index (χ3v) is 1.36. The summed E-state index contributed by atoms with van der Waals surface area (Å²) in [6, 6.07) is 0. The molecule has 0 aliphatic heterocycles. The fourth-order valence-corrected chi connectivity index (χ4v) is 0.826. The van der Waals surface area contributed by atoms with Gasteiger partial charge in [-0.05, 0) is 20.4 Å². The fraction of sp³-hybridized carbons (Fsp3) is 0.143. The Morgan fingerprint density at radius 2 is 2.08 bits per heavy atom. The number of hydrogen-bond acceptors (Lipinski definition) is 4. The van der Waals surface area contributed by atoms with Gasteiger partial charge in [-0.25, -0.2) is 9.98 Å². The van der Waals surface area contributed by atoms with Gasteiger partial charge in [0.15, 0.2) is 0 Å². The van der Waals surface area contributed by atoms with E-state index in [9.17, 15) is 4.79 Å². The maximum Gasteiger partial charge on any atom is 0.278 e. The van der Waals surface area contributed by atoms with E-state index in [0.29, 0.717) is 5.69 Å². The molecule has 5 nitrogen and oxygen atoms in total. The summed E-state index contributed by atoms with van der Waals surface area (Å²) in [5.41, 5.74) is 0.374. The third-order valence-electron chi connectivity index (χ3n) is 1.36. The minimum Gasteiger partial charge on any atom is -0.289 e. The molecule has 62 valence electrons. The first kappa shape index (κ1) is 8.32. The van der Waals surface area contributed by atoms with Gasteiger partial charge in [-0.3, -0.25) is 14.8 Å². The van der Waals surface area contributed by atoms with Gasteiger partial charge < -0.3 is 0 Å².